The molecule has 2 aliphatic rings. The van der Waals surface area contributed by atoms with Gasteiger partial charge in [0.1, 0.15) is 0 Å². The van der Waals surface area contributed by atoms with Gasteiger partial charge in [0.05, 0.1) is 0 Å². The van der Waals surface area contributed by atoms with Crippen LogP contribution in [0, 0.1) is 11.8 Å². The summed E-state index contributed by atoms with van der Waals surface area (Å²) in [6, 6.07) is 0. The third kappa shape index (κ3) is 7.01. The van der Waals surface area contributed by atoms with Gasteiger partial charge >= 0.3 is 0 Å². The molecule has 2 rings (SSSR count). The van der Waals surface area contributed by atoms with Crippen LogP contribution in [-0.4, -0.2) is 0 Å². The summed E-state index contributed by atoms with van der Waals surface area (Å²) in [5.74, 6) is 1.23. The first kappa shape index (κ1) is 21.5. The maximum atomic E-state index is 4.53. The highest BCUT2D eigenvalue weighted by Gasteiger charge is 2.28. The van der Waals surface area contributed by atoms with E-state index in [1.807, 2.05) is 0 Å². The van der Waals surface area contributed by atoms with E-state index >= 15 is 0 Å². The Hall–Kier alpha value is -1.82. The van der Waals surface area contributed by atoms with Crippen molar-refractivity contribution in [1.82, 2.24) is 0 Å². The Kier molecular flexibility index (Phi) is 8.35. The van der Waals surface area contributed by atoms with Gasteiger partial charge < -0.3 is 0 Å². The van der Waals surface area contributed by atoms with Crippen LogP contribution in [0.2, 0.25) is 0 Å². The first-order valence-corrected chi connectivity index (χ1v) is 10.7. The van der Waals surface area contributed by atoms with E-state index in [4.69, 9.17) is 0 Å². The molecule has 146 valence electrons. The lowest BCUT2D eigenvalue weighted by Crippen LogP contribution is -2.02. The maximum Gasteiger partial charge on any atom is -0.0135 e. The predicted octanol–water partition coefficient (Wildman–Crippen LogP) is 8.43. The Bertz CT molecular complexity index is 709. The molecule has 1 saturated carbocycles. The zero-order chi connectivity index (χ0) is 19.8. The number of allylic oxidation sites excluding steroid dienone is 13. The maximum absolute atomic E-state index is 4.53. The van der Waals surface area contributed by atoms with Gasteiger partial charge in [-0.05, 0) is 86.5 Å². The van der Waals surface area contributed by atoms with Gasteiger partial charge in [0, 0.05) is 0 Å². The van der Waals surface area contributed by atoms with Crippen LogP contribution in [0.5, 0.6) is 0 Å². The van der Waals surface area contributed by atoms with Crippen LogP contribution in [0.4, 0.5) is 0 Å². The van der Waals surface area contributed by atoms with Gasteiger partial charge in [0.15, 0.2) is 0 Å². The van der Waals surface area contributed by atoms with Crippen molar-refractivity contribution in [2.75, 3.05) is 0 Å². The minimum absolute atomic E-state index is 0.501. The third-order valence-corrected chi connectivity index (χ3v) is 5.56. The molecular weight excluding hydrogens is 324 g/mol. The molecule has 0 saturated heterocycles. The van der Waals surface area contributed by atoms with Crippen molar-refractivity contribution < 1.29 is 0 Å². The van der Waals surface area contributed by atoms with Crippen LogP contribution in [-0.2, 0) is 0 Å². The lowest BCUT2D eigenvalue weighted by atomic mass is 9.87. The second-order valence-electron chi connectivity index (χ2n) is 8.46. The molecule has 0 nitrogen and oxygen atoms in total. The summed E-state index contributed by atoms with van der Waals surface area (Å²) in [7, 11) is 0. The molecule has 0 amide bonds. The first-order valence-electron chi connectivity index (χ1n) is 10.7. The van der Waals surface area contributed by atoms with Gasteiger partial charge in [-0.25, -0.2) is 0 Å². The summed E-state index contributed by atoms with van der Waals surface area (Å²) in [5, 5.41) is 0. The molecule has 2 aliphatic carbocycles. The van der Waals surface area contributed by atoms with E-state index in [1.54, 1.807) is 0 Å². The quantitative estimate of drug-likeness (QED) is 0.361. The van der Waals surface area contributed by atoms with Crippen LogP contribution in [0.25, 0.3) is 0 Å². The summed E-state index contributed by atoms with van der Waals surface area (Å²) < 4.78 is 0. The van der Waals surface area contributed by atoms with E-state index < -0.39 is 0 Å². The number of hydrogen-bond acceptors (Lipinski definition) is 0. The molecule has 0 heterocycles. The second kappa shape index (κ2) is 10.5. The van der Waals surface area contributed by atoms with Crippen LogP contribution in [0.3, 0.4) is 0 Å². The molecule has 0 atom stereocenters. The molecule has 27 heavy (non-hydrogen) atoms. The van der Waals surface area contributed by atoms with Crippen molar-refractivity contribution in [3.63, 3.8) is 0 Å². The topological polar surface area (TPSA) is 0 Å². The van der Waals surface area contributed by atoms with E-state index in [2.05, 4.69) is 83.7 Å². The van der Waals surface area contributed by atoms with Gasteiger partial charge in [-0.15, -0.1) is 0 Å². The first-order chi connectivity index (χ1) is 12.9. The highest BCUT2D eigenvalue weighted by molar-refractivity contribution is 5.49. The molecule has 0 bridgehead atoms. The van der Waals surface area contributed by atoms with E-state index in [-0.39, 0.29) is 0 Å². The average molecular weight is 363 g/mol. The summed E-state index contributed by atoms with van der Waals surface area (Å²) in [5.41, 5.74) is 8.49. The minimum atomic E-state index is 0.501. The summed E-state index contributed by atoms with van der Waals surface area (Å²) >= 11 is 0. The van der Waals surface area contributed by atoms with E-state index in [0.717, 1.165) is 31.6 Å². The average Bonchev–Trinajstić information content (AvgIpc) is 3.46. The van der Waals surface area contributed by atoms with Crippen LogP contribution < -0.4 is 0 Å². The smallest absolute Gasteiger partial charge is 0.0135 e. The summed E-state index contributed by atoms with van der Waals surface area (Å²) in [6.45, 7) is 15.7. The van der Waals surface area contributed by atoms with Gasteiger partial charge in [-0.2, -0.15) is 0 Å². The van der Waals surface area contributed by atoms with Gasteiger partial charge in [-0.1, -0.05) is 81.0 Å². The third-order valence-electron chi connectivity index (χ3n) is 5.56. The molecule has 0 spiro atoms. The second-order valence-corrected chi connectivity index (χ2v) is 8.46. The largest absolute Gasteiger partial charge is 0.0912 e. The Morgan fingerprint density at radius 1 is 1.26 bits per heavy atom. The molecule has 1 fully saturated rings. The molecule has 0 radical (unpaired) electrons. The Morgan fingerprint density at radius 3 is 2.63 bits per heavy atom. The number of hydrogen-bond donors (Lipinski definition) is 0. The van der Waals surface area contributed by atoms with Gasteiger partial charge in [0.2, 0.25) is 0 Å². The van der Waals surface area contributed by atoms with Gasteiger partial charge in [-0.3, -0.25) is 0 Å². The monoisotopic (exact) mass is 362 g/mol. The van der Waals surface area contributed by atoms with E-state index in [1.165, 1.54) is 46.3 Å². The summed E-state index contributed by atoms with van der Waals surface area (Å²) in [4.78, 5) is 0. The van der Waals surface area contributed by atoms with Crippen molar-refractivity contribution in [3.05, 3.63) is 82.5 Å². The predicted molar refractivity (Wildman–Crippen MR) is 122 cm³/mol. The van der Waals surface area contributed by atoms with Crippen molar-refractivity contribution >= 4 is 0 Å². The lowest BCUT2D eigenvalue weighted by Gasteiger charge is -2.18. The SMILES string of the molecule is C=C(C(=CC=C(C)CC)C(C)C)C(=CCCC1=CC=CCC(C)=C1)C1CC1. The van der Waals surface area contributed by atoms with Crippen molar-refractivity contribution in [2.45, 2.75) is 73.1 Å². The minimum Gasteiger partial charge on any atom is -0.0912 e. The molecule has 0 heteroatoms. The molecular formula is C27H38. The van der Waals surface area contributed by atoms with E-state index in [9.17, 15) is 0 Å². The zero-order valence-electron chi connectivity index (χ0n) is 18.1. The van der Waals surface area contributed by atoms with Crippen LogP contribution in [0.15, 0.2) is 82.5 Å². The Labute approximate surface area is 167 Å². The molecule has 0 N–H and O–H groups in total. The fourth-order valence-electron chi connectivity index (χ4n) is 3.51. The summed E-state index contributed by atoms with van der Waals surface area (Å²) in [6.07, 6.45) is 23.2. The molecule has 0 aromatic carbocycles. The number of rotatable bonds is 9. The van der Waals surface area contributed by atoms with Crippen molar-refractivity contribution in [3.8, 4) is 0 Å². The molecule has 0 aliphatic heterocycles. The van der Waals surface area contributed by atoms with Crippen LogP contribution in [0.1, 0.15) is 73.1 Å². The van der Waals surface area contributed by atoms with Gasteiger partial charge in [0.25, 0.3) is 0 Å². The highest BCUT2D eigenvalue weighted by atomic mass is 14.3. The fraction of sp³-hybridized carbons (Fsp3) is 0.481. The molecule has 0 unspecified atom stereocenters. The Morgan fingerprint density at radius 2 is 2.00 bits per heavy atom. The van der Waals surface area contributed by atoms with Crippen LogP contribution >= 0.6 is 0 Å². The fourth-order valence-corrected chi connectivity index (χ4v) is 3.51. The molecule has 0 aromatic heterocycles. The normalized spacial score (nSPS) is 19.1. The standard InChI is InChI=1S/C27H38/c1-7-21(4)15-18-26(20(2)3)23(6)27(25-16-17-25)14-10-13-24-12-9-8-11-22(5)19-24/h8-9,12,14-15,18-20,25H,6-7,10-11,13,16-17H2,1-5H3. The zero-order valence-corrected chi connectivity index (χ0v) is 18.1. The van der Waals surface area contributed by atoms with Crippen molar-refractivity contribution in [1.29, 1.82) is 0 Å². The van der Waals surface area contributed by atoms with Crippen molar-refractivity contribution in [2.24, 2.45) is 11.8 Å². The van der Waals surface area contributed by atoms with E-state index in [0.29, 0.717) is 5.92 Å². The lowest BCUT2D eigenvalue weighted by molar-refractivity contribution is 0.773. The highest BCUT2D eigenvalue weighted by Crippen LogP contribution is 2.43. The molecule has 0 aromatic rings. The Balaban J connectivity index is 2.14.